The van der Waals surface area contributed by atoms with Gasteiger partial charge in [-0.05, 0) is 38.5 Å². The Hall–Kier alpha value is -1.50. The van der Waals surface area contributed by atoms with Crippen molar-refractivity contribution in [3.05, 3.63) is 23.8 Å². The summed E-state index contributed by atoms with van der Waals surface area (Å²) in [5.74, 6) is 1.12. The third kappa shape index (κ3) is 6.38. The van der Waals surface area contributed by atoms with Crippen molar-refractivity contribution in [1.82, 2.24) is 15.5 Å². The van der Waals surface area contributed by atoms with Crippen molar-refractivity contribution in [3.63, 3.8) is 0 Å². The van der Waals surface area contributed by atoms with Gasteiger partial charge in [-0.25, -0.2) is 0 Å². The molecule has 2 N–H and O–H groups in total. The highest BCUT2D eigenvalue weighted by Crippen LogP contribution is 2.29. The molecule has 1 aliphatic rings. The van der Waals surface area contributed by atoms with Crippen LogP contribution in [0.5, 0.6) is 11.5 Å². The monoisotopic (exact) mass is 371 g/mol. The van der Waals surface area contributed by atoms with Gasteiger partial charge in [0.1, 0.15) is 0 Å². The van der Waals surface area contributed by atoms with E-state index in [1.54, 1.807) is 7.11 Å². The summed E-state index contributed by atoms with van der Waals surface area (Å²) >= 11 is 0. The normalized spacial score (nSPS) is 20.5. The second-order valence-electron chi connectivity index (χ2n) is 6.32. The highest BCUT2D eigenvalue weighted by atomic mass is 35.5. The second kappa shape index (κ2) is 10.5. The van der Waals surface area contributed by atoms with E-state index in [0.29, 0.717) is 30.1 Å². The molecule has 1 amide bonds. The molecule has 1 aromatic rings. The molecule has 2 unspecified atom stereocenters. The minimum absolute atomic E-state index is 0. The molecule has 6 nitrogen and oxygen atoms in total. The predicted octanol–water partition coefficient (Wildman–Crippen LogP) is 1.81. The average molecular weight is 372 g/mol. The molecule has 0 bridgehead atoms. The molecule has 1 aliphatic heterocycles. The standard InChI is InChI=1S/C18H29N3O3.ClH/c1-5-19-18(22)12-24-16-7-6-15(8-17(16)23-4)11-21-10-13(2)20-9-14(21)3;/h6-8,13-14,20H,5,9-12H2,1-4H3,(H,19,22);1H. The topological polar surface area (TPSA) is 62.8 Å². The lowest BCUT2D eigenvalue weighted by Gasteiger charge is -2.37. The molecule has 0 aromatic heterocycles. The van der Waals surface area contributed by atoms with Crippen LogP contribution in [0.15, 0.2) is 18.2 Å². The van der Waals surface area contributed by atoms with Gasteiger partial charge in [0.05, 0.1) is 7.11 Å². The summed E-state index contributed by atoms with van der Waals surface area (Å²) in [6.07, 6.45) is 0. The van der Waals surface area contributed by atoms with Crippen molar-refractivity contribution in [2.24, 2.45) is 0 Å². The lowest BCUT2D eigenvalue weighted by molar-refractivity contribution is -0.123. The number of hydrogen-bond donors (Lipinski definition) is 2. The Morgan fingerprint density at radius 2 is 2.12 bits per heavy atom. The molecule has 2 rings (SSSR count). The van der Waals surface area contributed by atoms with Crippen LogP contribution in [0.4, 0.5) is 0 Å². The number of rotatable bonds is 7. The molecule has 1 aromatic carbocycles. The zero-order chi connectivity index (χ0) is 17.5. The third-order valence-electron chi connectivity index (χ3n) is 4.24. The van der Waals surface area contributed by atoms with E-state index in [1.165, 1.54) is 5.56 Å². The van der Waals surface area contributed by atoms with E-state index < -0.39 is 0 Å². The Balaban J connectivity index is 0.00000312. The first-order valence-electron chi connectivity index (χ1n) is 8.57. The summed E-state index contributed by atoms with van der Waals surface area (Å²) in [4.78, 5) is 14.0. The van der Waals surface area contributed by atoms with Gasteiger partial charge in [0.25, 0.3) is 5.91 Å². The Morgan fingerprint density at radius 3 is 2.80 bits per heavy atom. The fourth-order valence-electron chi connectivity index (χ4n) is 2.87. The van der Waals surface area contributed by atoms with E-state index in [4.69, 9.17) is 9.47 Å². The summed E-state index contributed by atoms with van der Waals surface area (Å²) in [6.45, 7) is 9.82. The maximum atomic E-state index is 11.5. The van der Waals surface area contributed by atoms with E-state index in [9.17, 15) is 4.79 Å². The summed E-state index contributed by atoms with van der Waals surface area (Å²) in [7, 11) is 1.62. The van der Waals surface area contributed by atoms with Crippen molar-refractivity contribution >= 4 is 18.3 Å². The second-order valence-corrected chi connectivity index (χ2v) is 6.32. The van der Waals surface area contributed by atoms with Gasteiger partial charge in [-0.3, -0.25) is 9.69 Å². The number of benzene rings is 1. The lowest BCUT2D eigenvalue weighted by atomic mass is 10.1. The van der Waals surface area contributed by atoms with Crippen LogP contribution in [-0.4, -0.2) is 56.2 Å². The third-order valence-corrected chi connectivity index (χ3v) is 4.24. The van der Waals surface area contributed by atoms with Gasteiger partial charge < -0.3 is 20.1 Å². The first-order chi connectivity index (χ1) is 11.5. The maximum absolute atomic E-state index is 11.5. The summed E-state index contributed by atoms with van der Waals surface area (Å²) in [6, 6.07) is 6.91. The lowest BCUT2D eigenvalue weighted by Crippen LogP contribution is -2.53. The van der Waals surface area contributed by atoms with E-state index in [-0.39, 0.29) is 24.9 Å². The molecule has 0 saturated carbocycles. The smallest absolute Gasteiger partial charge is 0.257 e. The zero-order valence-electron chi connectivity index (χ0n) is 15.5. The molecule has 2 atom stereocenters. The molecule has 0 spiro atoms. The fourth-order valence-corrected chi connectivity index (χ4v) is 2.87. The first-order valence-corrected chi connectivity index (χ1v) is 8.57. The summed E-state index contributed by atoms with van der Waals surface area (Å²) < 4.78 is 11.0. The Bertz CT molecular complexity index is 556. The predicted molar refractivity (Wildman–Crippen MR) is 102 cm³/mol. The van der Waals surface area contributed by atoms with Crippen LogP contribution in [0.25, 0.3) is 0 Å². The molecule has 1 heterocycles. The van der Waals surface area contributed by atoms with Gasteiger partial charge in [-0.2, -0.15) is 0 Å². The number of carbonyl (C=O) groups excluding carboxylic acids is 1. The van der Waals surface area contributed by atoms with Crippen molar-refractivity contribution in [1.29, 1.82) is 0 Å². The minimum atomic E-state index is -0.132. The van der Waals surface area contributed by atoms with Gasteiger partial charge in [0.15, 0.2) is 18.1 Å². The average Bonchev–Trinajstić information content (AvgIpc) is 2.57. The number of hydrogen-bond acceptors (Lipinski definition) is 5. The Morgan fingerprint density at radius 1 is 1.36 bits per heavy atom. The number of amides is 1. The SMILES string of the molecule is CCNC(=O)COc1ccc(CN2CC(C)NCC2C)cc1OC.Cl. The summed E-state index contributed by atoms with van der Waals surface area (Å²) in [5.41, 5.74) is 1.18. The molecule has 7 heteroatoms. The maximum Gasteiger partial charge on any atom is 0.257 e. The van der Waals surface area contributed by atoms with E-state index in [0.717, 1.165) is 19.6 Å². The Kier molecular flexibility index (Phi) is 9.03. The number of halogens is 1. The molecular weight excluding hydrogens is 342 g/mol. The van der Waals surface area contributed by atoms with Crippen molar-refractivity contribution in [3.8, 4) is 11.5 Å². The molecule has 25 heavy (non-hydrogen) atoms. The van der Waals surface area contributed by atoms with Gasteiger partial charge in [0.2, 0.25) is 0 Å². The van der Waals surface area contributed by atoms with Crippen LogP contribution in [0.3, 0.4) is 0 Å². The van der Waals surface area contributed by atoms with Crippen LogP contribution in [0.2, 0.25) is 0 Å². The van der Waals surface area contributed by atoms with Crippen LogP contribution >= 0.6 is 12.4 Å². The molecule has 0 aliphatic carbocycles. The van der Waals surface area contributed by atoms with Crippen LogP contribution < -0.4 is 20.1 Å². The number of likely N-dealkylation sites (N-methyl/N-ethyl adjacent to an activating group) is 1. The molecule has 1 fully saturated rings. The van der Waals surface area contributed by atoms with E-state index >= 15 is 0 Å². The van der Waals surface area contributed by atoms with Crippen molar-refractivity contribution < 1.29 is 14.3 Å². The fraction of sp³-hybridized carbons (Fsp3) is 0.611. The zero-order valence-corrected chi connectivity index (χ0v) is 16.3. The van der Waals surface area contributed by atoms with Gasteiger partial charge in [-0.1, -0.05) is 6.07 Å². The van der Waals surface area contributed by atoms with Crippen molar-refractivity contribution in [2.45, 2.75) is 39.4 Å². The van der Waals surface area contributed by atoms with Gasteiger partial charge in [-0.15, -0.1) is 12.4 Å². The first kappa shape index (κ1) is 21.5. The van der Waals surface area contributed by atoms with Crippen LogP contribution in [0, 0.1) is 0 Å². The molecular formula is C18H30ClN3O3. The van der Waals surface area contributed by atoms with Crippen molar-refractivity contribution in [2.75, 3.05) is 33.4 Å². The number of carbonyl (C=O) groups is 1. The van der Waals surface area contributed by atoms with Crippen LogP contribution in [-0.2, 0) is 11.3 Å². The largest absolute Gasteiger partial charge is 0.493 e. The molecule has 0 radical (unpaired) electrons. The number of piperazine rings is 1. The number of nitrogens with zero attached hydrogens (tertiary/aromatic N) is 1. The van der Waals surface area contributed by atoms with Gasteiger partial charge in [0, 0.05) is 38.3 Å². The molecule has 1 saturated heterocycles. The van der Waals surface area contributed by atoms with E-state index in [1.807, 2.05) is 25.1 Å². The number of methoxy groups -OCH3 is 1. The Labute approximate surface area is 156 Å². The highest BCUT2D eigenvalue weighted by molar-refractivity contribution is 5.85. The number of nitrogens with one attached hydrogen (secondary N) is 2. The summed E-state index contributed by atoms with van der Waals surface area (Å²) in [5, 5.41) is 6.20. The quantitative estimate of drug-likeness (QED) is 0.765. The molecule has 142 valence electrons. The number of ether oxygens (including phenoxy) is 2. The van der Waals surface area contributed by atoms with Gasteiger partial charge >= 0.3 is 0 Å². The van der Waals surface area contributed by atoms with Crippen LogP contribution in [0.1, 0.15) is 26.3 Å². The van der Waals surface area contributed by atoms with E-state index in [2.05, 4.69) is 29.4 Å². The minimum Gasteiger partial charge on any atom is -0.493 e. The highest BCUT2D eigenvalue weighted by Gasteiger charge is 2.22.